The van der Waals surface area contributed by atoms with Gasteiger partial charge in [0, 0.05) is 31.1 Å². The molecule has 1 aliphatic carbocycles. The predicted octanol–water partition coefficient (Wildman–Crippen LogP) is 2.86. The topological polar surface area (TPSA) is 54.2 Å². The van der Waals surface area contributed by atoms with Gasteiger partial charge in [-0.15, -0.1) is 10.2 Å². The van der Waals surface area contributed by atoms with E-state index in [2.05, 4.69) is 34.3 Å². The average molecular weight is 330 g/mol. The van der Waals surface area contributed by atoms with E-state index < -0.39 is 0 Å². The van der Waals surface area contributed by atoms with Crippen LogP contribution in [0.1, 0.15) is 56.0 Å². The third-order valence-corrected chi connectivity index (χ3v) is 4.95. The summed E-state index contributed by atoms with van der Waals surface area (Å²) in [5.74, 6) is 1.56. The number of halogens is 1. The van der Waals surface area contributed by atoms with E-state index in [-0.39, 0.29) is 11.9 Å². The number of aromatic nitrogens is 2. The molecule has 1 aromatic heterocycles. The summed E-state index contributed by atoms with van der Waals surface area (Å²) in [6, 6.07) is 7.21. The maximum absolute atomic E-state index is 13.4. The number of benzene rings is 1. The maximum Gasteiger partial charge on any atom is 0.238 e. The largest absolute Gasteiger partial charge is 0.423 e. The molecule has 128 valence electrons. The molecule has 6 heteroatoms. The van der Waals surface area contributed by atoms with Crippen molar-refractivity contribution in [2.45, 2.75) is 50.7 Å². The van der Waals surface area contributed by atoms with Gasteiger partial charge in [0.2, 0.25) is 11.8 Å². The summed E-state index contributed by atoms with van der Waals surface area (Å²) in [5.41, 5.74) is 0.989. The molecule has 2 aromatic rings. The van der Waals surface area contributed by atoms with Gasteiger partial charge in [-0.25, -0.2) is 4.39 Å². The van der Waals surface area contributed by atoms with Gasteiger partial charge in [-0.3, -0.25) is 4.90 Å². The minimum absolute atomic E-state index is 0.134. The van der Waals surface area contributed by atoms with Crippen molar-refractivity contribution in [2.75, 3.05) is 13.1 Å². The first-order valence-electron chi connectivity index (χ1n) is 8.69. The molecule has 1 saturated heterocycles. The molecule has 0 spiro atoms. The predicted molar refractivity (Wildman–Crippen MR) is 88.1 cm³/mol. The van der Waals surface area contributed by atoms with Crippen LogP contribution in [-0.2, 0) is 0 Å². The first-order valence-corrected chi connectivity index (χ1v) is 8.69. The first kappa shape index (κ1) is 15.7. The Hall–Kier alpha value is -1.79. The maximum atomic E-state index is 13.4. The van der Waals surface area contributed by atoms with E-state index in [0.717, 1.165) is 37.4 Å². The van der Waals surface area contributed by atoms with Gasteiger partial charge in [-0.2, -0.15) is 0 Å². The van der Waals surface area contributed by atoms with Crippen molar-refractivity contribution >= 4 is 0 Å². The lowest BCUT2D eigenvalue weighted by Crippen LogP contribution is -2.55. The molecule has 2 heterocycles. The van der Waals surface area contributed by atoms with Gasteiger partial charge in [0.1, 0.15) is 11.9 Å². The molecular weight excluding hydrogens is 307 g/mol. The molecular formula is C18H23FN4O. The zero-order valence-corrected chi connectivity index (χ0v) is 14.1. The van der Waals surface area contributed by atoms with E-state index in [4.69, 9.17) is 4.42 Å². The molecule has 3 atom stereocenters. The van der Waals surface area contributed by atoms with Crippen LogP contribution in [-0.4, -0.2) is 40.3 Å². The Morgan fingerprint density at radius 3 is 2.67 bits per heavy atom. The molecule has 1 aromatic carbocycles. The lowest BCUT2D eigenvalue weighted by atomic mass is 10.0. The van der Waals surface area contributed by atoms with Gasteiger partial charge < -0.3 is 9.73 Å². The van der Waals surface area contributed by atoms with Crippen molar-refractivity contribution in [3.8, 4) is 0 Å². The van der Waals surface area contributed by atoms with E-state index in [1.165, 1.54) is 12.1 Å². The van der Waals surface area contributed by atoms with Crippen LogP contribution >= 0.6 is 0 Å². The van der Waals surface area contributed by atoms with Crippen LogP contribution in [0.2, 0.25) is 0 Å². The summed E-state index contributed by atoms with van der Waals surface area (Å²) < 4.78 is 19.4. The molecule has 2 aliphatic rings. The van der Waals surface area contributed by atoms with Crippen molar-refractivity contribution in [1.29, 1.82) is 0 Å². The van der Waals surface area contributed by atoms with Crippen LogP contribution in [0.5, 0.6) is 0 Å². The van der Waals surface area contributed by atoms with Crippen molar-refractivity contribution in [3.05, 3.63) is 47.4 Å². The first-order chi connectivity index (χ1) is 11.6. The third-order valence-electron chi connectivity index (χ3n) is 4.95. The van der Waals surface area contributed by atoms with Crippen LogP contribution in [0.3, 0.4) is 0 Å². The van der Waals surface area contributed by atoms with Gasteiger partial charge in [-0.05, 0) is 44.4 Å². The molecule has 1 unspecified atom stereocenters. The molecule has 1 saturated carbocycles. The Balaban J connectivity index is 1.71. The molecule has 0 amide bonds. The molecule has 0 radical (unpaired) electrons. The molecule has 0 bridgehead atoms. The normalized spacial score (nSPS) is 26.5. The fraction of sp³-hybridized carbons (Fsp3) is 0.556. The van der Waals surface area contributed by atoms with Gasteiger partial charge in [0.15, 0.2) is 0 Å². The molecule has 2 fully saturated rings. The Labute approximate surface area is 141 Å². The zero-order valence-electron chi connectivity index (χ0n) is 14.1. The zero-order chi connectivity index (χ0) is 16.7. The van der Waals surface area contributed by atoms with Gasteiger partial charge in [0.25, 0.3) is 0 Å². The second kappa shape index (κ2) is 6.26. The summed E-state index contributed by atoms with van der Waals surface area (Å²) in [7, 11) is 0. The number of hydrogen-bond acceptors (Lipinski definition) is 5. The highest BCUT2D eigenvalue weighted by Crippen LogP contribution is 2.40. The lowest BCUT2D eigenvalue weighted by Gasteiger charge is -2.41. The Morgan fingerprint density at radius 1 is 1.21 bits per heavy atom. The summed E-state index contributed by atoms with van der Waals surface area (Å²) in [6.07, 6.45) is 2.26. The van der Waals surface area contributed by atoms with Crippen molar-refractivity contribution < 1.29 is 8.81 Å². The van der Waals surface area contributed by atoms with E-state index >= 15 is 0 Å². The second-order valence-electron chi connectivity index (χ2n) is 7.06. The van der Waals surface area contributed by atoms with Crippen LogP contribution in [0.15, 0.2) is 28.7 Å². The minimum atomic E-state index is -0.233. The van der Waals surface area contributed by atoms with Crippen LogP contribution in [0, 0.1) is 5.82 Å². The number of nitrogens with one attached hydrogen (secondary N) is 1. The van der Waals surface area contributed by atoms with Crippen LogP contribution in [0.25, 0.3) is 0 Å². The number of nitrogens with zero attached hydrogens (tertiary/aromatic N) is 3. The van der Waals surface area contributed by atoms with E-state index in [1.807, 2.05) is 12.1 Å². The lowest BCUT2D eigenvalue weighted by molar-refractivity contribution is 0.0985. The van der Waals surface area contributed by atoms with Crippen molar-refractivity contribution in [2.24, 2.45) is 0 Å². The monoisotopic (exact) mass is 330 g/mol. The van der Waals surface area contributed by atoms with E-state index in [0.29, 0.717) is 23.9 Å². The van der Waals surface area contributed by atoms with Crippen molar-refractivity contribution in [1.82, 2.24) is 20.4 Å². The average Bonchev–Trinajstić information content (AvgIpc) is 3.32. The van der Waals surface area contributed by atoms with Gasteiger partial charge >= 0.3 is 0 Å². The Morgan fingerprint density at radius 2 is 1.96 bits per heavy atom. The van der Waals surface area contributed by atoms with Crippen molar-refractivity contribution in [3.63, 3.8) is 0 Å². The Kier molecular flexibility index (Phi) is 4.10. The van der Waals surface area contributed by atoms with Crippen LogP contribution < -0.4 is 5.32 Å². The summed E-state index contributed by atoms with van der Waals surface area (Å²) >= 11 is 0. The SMILES string of the molecule is C[C@@H]1CN[C@@H](C)CN1C(c1ccc(F)cc1)c1nnc(C2CC2)o1. The molecule has 24 heavy (non-hydrogen) atoms. The smallest absolute Gasteiger partial charge is 0.238 e. The molecule has 1 aliphatic heterocycles. The van der Waals surface area contributed by atoms with Gasteiger partial charge in [-0.1, -0.05) is 12.1 Å². The third kappa shape index (κ3) is 3.08. The fourth-order valence-corrected chi connectivity index (χ4v) is 3.38. The molecule has 1 N–H and O–H groups in total. The summed E-state index contributed by atoms with van der Waals surface area (Å²) in [5, 5.41) is 12.1. The molecule has 5 nitrogen and oxygen atoms in total. The highest BCUT2D eigenvalue weighted by molar-refractivity contribution is 5.25. The van der Waals surface area contributed by atoms with E-state index in [1.54, 1.807) is 0 Å². The number of rotatable bonds is 4. The van der Waals surface area contributed by atoms with E-state index in [9.17, 15) is 4.39 Å². The summed E-state index contributed by atoms with van der Waals surface area (Å²) in [6.45, 7) is 6.14. The Bertz CT molecular complexity index is 697. The standard InChI is InChI=1S/C18H23FN4O/c1-11-10-23(12(2)9-20-11)16(13-5-7-15(19)8-6-13)18-22-21-17(24-18)14-3-4-14/h5-8,11-12,14,16,20H,3-4,9-10H2,1-2H3/t11-,12+,16?/m0/s1. The van der Waals surface area contributed by atoms with Crippen LogP contribution in [0.4, 0.5) is 4.39 Å². The highest BCUT2D eigenvalue weighted by Gasteiger charge is 2.36. The minimum Gasteiger partial charge on any atom is -0.423 e. The quantitative estimate of drug-likeness (QED) is 0.934. The highest BCUT2D eigenvalue weighted by atomic mass is 19.1. The summed E-state index contributed by atoms with van der Waals surface area (Å²) in [4.78, 5) is 2.37. The second-order valence-corrected chi connectivity index (χ2v) is 7.06. The number of hydrogen-bond donors (Lipinski definition) is 1. The molecule has 4 rings (SSSR count). The van der Waals surface area contributed by atoms with Gasteiger partial charge in [0.05, 0.1) is 0 Å². The fourth-order valence-electron chi connectivity index (χ4n) is 3.38. The number of piperazine rings is 1.